The molecule has 1 unspecified atom stereocenters. The fourth-order valence-corrected chi connectivity index (χ4v) is 4.81. The number of nitrogens with zero attached hydrogens (tertiary/aromatic N) is 3. The van der Waals surface area contributed by atoms with Crippen molar-refractivity contribution < 1.29 is 32.3 Å². The number of alkyl halides is 3. The van der Waals surface area contributed by atoms with Crippen molar-refractivity contribution >= 4 is 29.3 Å². The topological polar surface area (TPSA) is 70.2 Å². The minimum absolute atomic E-state index is 0.00960. The maximum absolute atomic E-state index is 13.2. The molecule has 2 heterocycles. The normalized spacial score (nSPS) is 16.9. The quantitative estimate of drug-likeness (QED) is 0.534. The van der Waals surface area contributed by atoms with Gasteiger partial charge in [-0.05, 0) is 67.1 Å². The third-order valence-corrected chi connectivity index (χ3v) is 6.82. The van der Waals surface area contributed by atoms with Crippen LogP contribution in [0.2, 0.25) is 0 Å². The highest BCUT2D eigenvalue weighted by molar-refractivity contribution is 6.06. The number of carbonyl (C=O) groups excluding carboxylic acids is 3. The third kappa shape index (κ3) is 5.89. The lowest BCUT2D eigenvalue weighted by Gasteiger charge is -2.21. The summed E-state index contributed by atoms with van der Waals surface area (Å²) in [6.07, 6.45) is -3.72. The molecule has 0 aromatic heterocycles. The molecule has 0 N–H and O–H groups in total. The van der Waals surface area contributed by atoms with Gasteiger partial charge in [0.25, 0.3) is 0 Å². The Hall–Kier alpha value is -3.56. The van der Waals surface area contributed by atoms with Crippen LogP contribution < -0.4 is 9.80 Å². The second-order valence-corrected chi connectivity index (χ2v) is 9.35. The first-order chi connectivity index (χ1) is 17.6. The highest BCUT2D eigenvalue weighted by Crippen LogP contribution is 2.29. The summed E-state index contributed by atoms with van der Waals surface area (Å²) in [7, 11) is 0. The maximum Gasteiger partial charge on any atom is 0.471 e. The Morgan fingerprint density at radius 2 is 1.51 bits per heavy atom. The number of hydrogen-bond donors (Lipinski definition) is 0. The molecule has 0 spiro atoms. The molecule has 0 aliphatic carbocycles. The molecule has 37 heavy (non-hydrogen) atoms. The first-order valence-electron chi connectivity index (χ1n) is 12.4. The van der Waals surface area contributed by atoms with Crippen molar-refractivity contribution in [3.05, 3.63) is 59.2 Å². The Balaban J connectivity index is 1.42. The van der Waals surface area contributed by atoms with Gasteiger partial charge in [-0.15, -0.1) is 0 Å². The van der Waals surface area contributed by atoms with Gasteiger partial charge in [0, 0.05) is 37.6 Å². The zero-order valence-corrected chi connectivity index (χ0v) is 20.9. The summed E-state index contributed by atoms with van der Waals surface area (Å²) in [5.74, 6) is -2.31. The van der Waals surface area contributed by atoms with Gasteiger partial charge in [0.1, 0.15) is 0 Å². The van der Waals surface area contributed by atoms with Gasteiger partial charge in [0.15, 0.2) is 0 Å². The van der Waals surface area contributed by atoms with E-state index in [4.69, 9.17) is 4.74 Å². The predicted molar refractivity (Wildman–Crippen MR) is 133 cm³/mol. The number of halogens is 3. The average Bonchev–Trinajstić information content (AvgIpc) is 3.12. The van der Waals surface area contributed by atoms with Crippen LogP contribution in [0.4, 0.5) is 29.3 Å². The second-order valence-electron chi connectivity index (χ2n) is 9.35. The van der Waals surface area contributed by atoms with Crippen molar-refractivity contribution in [2.24, 2.45) is 5.92 Å². The van der Waals surface area contributed by atoms with Crippen molar-refractivity contribution in [2.75, 3.05) is 42.6 Å². The summed E-state index contributed by atoms with van der Waals surface area (Å²) in [4.78, 5) is 41.0. The zero-order valence-electron chi connectivity index (χ0n) is 20.9. The summed E-state index contributed by atoms with van der Waals surface area (Å²) in [6, 6.07) is 12.8. The minimum Gasteiger partial charge on any atom is -0.466 e. The van der Waals surface area contributed by atoms with Crippen LogP contribution in [0.15, 0.2) is 42.5 Å². The molecule has 0 bridgehead atoms. The van der Waals surface area contributed by atoms with E-state index in [9.17, 15) is 27.6 Å². The smallest absolute Gasteiger partial charge is 0.466 e. The fraction of sp³-hybridized carbons (Fsp3) is 0.444. The molecule has 2 aliphatic heterocycles. The van der Waals surface area contributed by atoms with E-state index >= 15 is 0 Å². The van der Waals surface area contributed by atoms with Crippen molar-refractivity contribution in [1.82, 2.24) is 4.90 Å². The second kappa shape index (κ2) is 10.8. The van der Waals surface area contributed by atoms with E-state index in [0.717, 1.165) is 27.3 Å². The zero-order chi connectivity index (χ0) is 26.7. The standard InChI is InChI=1S/C27H30F3N3O4/c1-3-37-24(34)18(2)16-19-4-7-22(8-5-19)32-14-15-33(26(32)36)23-9-6-20-10-12-31(13-11-21(20)17-23)25(35)27(28,29)30/h4-9,17-18H,3,10-16H2,1-2H3. The first kappa shape index (κ1) is 26.5. The minimum atomic E-state index is -4.88. The van der Waals surface area contributed by atoms with Crippen molar-refractivity contribution in [3.8, 4) is 0 Å². The molecule has 0 saturated carbocycles. The lowest BCUT2D eigenvalue weighted by molar-refractivity contribution is -0.185. The molecule has 1 atom stereocenters. The van der Waals surface area contributed by atoms with Crippen LogP contribution >= 0.6 is 0 Å². The number of rotatable bonds is 6. The molecular weight excluding hydrogens is 487 g/mol. The lowest BCUT2D eigenvalue weighted by Crippen LogP contribution is -2.42. The number of esters is 1. The van der Waals surface area contributed by atoms with Crippen molar-refractivity contribution in [1.29, 1.82) is 0 Å². The molecule has 2 aromatic carbocycles. The molecule has 7 nitrogen and oxygen atoms in total. The maximum atomic E-state index is 13.2. The highest BCUT2D eigenvalue weighted by atomic mass is 19.4. The molecule has 10 heteroatoms. The fourth-order valence-electron chi connectivity index (χ4n) is 4.81. The van der Waals surface area contributed by atoms with Gasteiger partial charge in [-0.3, -0.25) is 19.4 Å². The number of amides is 3. The first-order valence-corrected chi connectivity index (χ1v) is 12.4. The van der Waals surface area contributed by atoms with Gasteiger partial charge in [-0.1, -0.05) is 25.1 Å². The Labute approximate surface area is 213 Å². The van der Waals surface area contributed by atoms with Crippen molar-refractivity contribution in [3.63, 3.8) is 0 Å². The highest BCUT2D eigenvalue weighted by Gasteiger charge is 2.42. The average molecular weight is 518 g/mol. The van der Waals surface area contributed by atoms with Crippen LogP contribution in [0.3, 0.4) is 0 Å². The molecule has 1 fully saturated rings. The Morgan fingerprint density at radius 3 is 2.14 bits per heavy atom. The van der Waals surface area contributed by atoms with Crippen LogP contribution in [0.1, 0.15) is 30.5 Å². The van der Waals surface area contributed by atoms with Crippen LogP contribution in [-0.2, 0) is 33.6 Å². The number of benzene rings is 2. The van der Waals surface area contributed by atoms with Crippen molar-refractivity contribution in [2.45, 2.75) is 39.3 Å². The van der Waals surface area contributed by atoms with E-state index < -0.39 is 12.1 Å². The molecule has 1 saturated heterocycles. The molecule has 2 aliphatic rings. The van der Waals surface area contributed by atoms with Gasteiger partial charge in [-0.2, -0.15) is 13.2 Å². The van der Waals surface area contributed by atoms with E-state index in [1.807, 2.05) is 43.3 Å². The molecule has 0 radical (unpaired) electrons. The third-order valence-electron chi connectivity index (χ3n) is 6.82. The number of urea groups is 1. The predicted octanol–water partition coefficient (Wildman–Crippen LogP) is 4.36. The van der Waals surface area contributed by atoms with Crippen LogP contribution in [0.25, 0.3) is 0 Å². The summed E-state index contributed by atoms with van der Waals surface area (Å²) in [5, 5.41) is 0. The van der Waals surface area contributed by atoms with E-state index in [1.54, 1.807) is 22.8 Å². The van der Waals surface area contributed by atoms with Gasteiger partial charge < -0.3 is 9.64 Å². The van der Waals surface area contributed by atoms with Crippen LogP contribution in [0, 0.1) is 5.92 Å². The summed E-state index contributed by atoms with van der Waals surface area (Å²) >= 11 is 0. The molecule has 3 amide bonds. The number of hydrogen-bond acceptors (Lipinski definition) is 4. The number of carbonyl (C=O) groups is 3. The summed E-state index contributed by atoms with van der Waals surface area (Å²) in [5.41, 5.74) is 4.13. The molecule has 2 aromatic rings. The monoisotopic (exact) mass is 517 g/mol. The van der Waals surface area contributed by atoms with Crippen LogP contribution in [-0.4, -0.2) is 61.8 Å². The Bertz CT molecular complexity index is 1170. The van der Waals surface area contributed by atoms with Gasteiger partial charge in [0.05, 0.1) is 12.5 Å². The molecular formula is C27H30F3N3O4. The lowest BCUT2D eigenvalue weighted by atomic mass is 10.0. The summed E-state index contributed by atoms with van der Waals surface area (Å²) < 4.78 is 43.6. The number of fused-ring (bicyclic) bond motifs is 1. The van der Waals surface area contributed by atoms with E-state index in [2.05, 4.69) is 0 Å². The van der Waals surface area contributed by atoms with Crippen LogP contribution in [0.5, 0.6) is 0 Å². The summed E-state index contributed by atoms with van der Waals surface area (Å²) in [6.45, 7) is 4.89. The SMILES string of the molecule is CCOC(=O)C(C)Cc1ccc(N2CCN(c3ccc4c(c3)CCN(C(=O)C(F)(F)F)CC4)C2=O)cc1. The molecule has 198 valence electrons. The number of ether oxygens (including phenoxy) is 1. The van der Waals surface area contributed by atoms with E-state index in [1.165, 1.54) is 0 Å². The van der Waals surface area contributed by atoms with E-state index in [-0.39, 0.29) is 31.0 Å². The Morgan fingerprint density at radius 1 is 0.919 bits per heavy atom. The van der Waals surface area contributed by atoms with E-state index in [0.29, 0.717) is 44.6 Å². The van der Waals surface area contributed by atoms with Gasteiger partial charge in [0.2, 0.25) is 0 Å². The van der Waals surface area contributed by atoms with Gasteiger partial charge in [-0.25, -0.2) is 4.79 Å². The number of anilines is 2. The Kier molecular flexibility index (Phi) is 7.75. The van der Waals surface area contributed by atoms with Gasteiger partial charge >= 0.3 is 24.1 Å². The molecule has 4 rings (SSSR count). The largest absolute Gasteiger partial charge is 0.471 e.